The Morgan fingerprint density at radius 2 is 0.500 bits per heavy atom. The fourth-order valence-electron chi connectivity index (χ4n) is 3.53. The summed E-state index contributed by atoms with van der Waals surface area (Å²) in [7, 11) is -41.0. The molecule has 304 valence electrons. The lowest BCUT2D eigenvalue weighted by Gasteiger charge is -2.54. The normalized spacial score (nSPS) is 34.1. The number of rotatable bonds is 8. The van der Waals surface area contributed by atoms with Crippen molar-refractivity contribution in [3.8, 4) is 0 Å². The first-order valence-corrected chi connectivity index (χ1v) is 49.4. The van der Waals surface area contributed by atoms with Gasteiger partial charge in [0.1, 0.15) is 0 Å². The SMILES string of the molecule is C[SiH](C)O[Si]12O[SiH]3O[SiH]4O[SiH]5O[SiH](O3)O[Si](O[SiH](C)C)(O1)O[Si](O[SiH](C)C)(O5)O[Si](O[SiH](C)C)(O4)O2.C[Si](C)=O.C[Si](C)=O.C[Si](C)=O.C[Si](C)=O. The lowest BCUT2D eigenvalue weighted by molar-refractivity contribution is -0.0692. The first-order chi connectivity index (χ1) is 23.7. The van der Waals surface area contributed by atoms with Gasteiger partial charge in [0, 0.05) is 0 Å². The van der Waals surface area contributed by atoms with E-state index in [-0.39, 0.29) is 0 Å². The van der Waals surface area contributed by atoms with Crippen LogP contribution in [0, 0.1) is 0 Å². The van der Waals surface area contributed by atoms with Crippen LogP contribution < -0.4 is 0 Å². The molecule has 0 unspecified atom stereocenters. The van der Waals surface area contributed by atoms with Crippen LogP contribution in [0.25, 0.3) is 0 Å². The molecule has 0 aromatic rings. The van der Waals surface area contributed by atoms with Crippen LogP contribution in [0.4, 0.5) is 0 Å². The molecule has 20 nitrogen and oxygen atoms in total. The van der Waals surface area contributed by atoms with Crippen molar-refractivity contribution in [1.29, 1.82) is 0 Å². The highest BCUT2D eigenvalue weighted by Gasteiger charge is 2.80. The molecule has 0 aliphatic carbocycles. The molecule has 6 heterocycles. The smallest absolute Gasteiger partial charge is 0.398 e. The molecule has 36 heteroatoms. The Hall–Kier alpha value is 2.03. The third kappa shape index (κ3) is 20.1. The van der Waals surface area contributed by atoms with Crippen molar-refractivity contribution in [3.63, 3.8) is 0 Å². The van der Waals surface area contributed by atoms with E-state index >= 15 is 0 Å². The van der Waals surface area contributed by atoms with Gasteiger partial charge in [-0.15, -0.1) is 0 Å². The van der Waals surface area contributed by atoms with Crippen LogP contribution in [-0.4, -0.2) is 145 Å². The Morgan fingerprint density at radius 1 is 0.365 bits per heavy atom. The van der Waals surface area contributed by atoms with E-state index in [2.05, 4.69) is 0 Å². The van der Waals surface area contributed by atoms with Gasteiger partial charge in [-0.1, -0.05) is 0 Å². The van der Waals surface area contributed by atoms with E-state index in [0.29, 0.717) is 0 Å². The first kappa shape index (κ1) is 52.0. The molecule has 8 bridgehead atoms. The highest BCUT2D eigenvalue weighted by molar-refractivity contribution is 6.95. The zero-order valence-corrected chi connectivity index (χ0v) is 50.0. The maximum Gasteiger partial charge on any atom is 0.649 e. The molecule has 0 aromatic carbocycles. The third-order valence-corrected chi connectivity index (χ3v) is 39.3. The standard InChI is InChI=1S/C8H32O16Si12.4C2H6OSi/c1-25(2)13-33-17-29-9-30-11-32-12-31(10-29)19-35(22-33,15-27(5)6)24-36(20-32,16-28(7)8)23-34(18-30,21-33)14-26(3)4;4*1-4(2)3/h25-32H,1-8H3;4*1-2H3. The van der Waals surface area contributed by atoms with Crippen LogP contribution in [0.5, 0.6) is 0 Å². The molecule has 0 amide bonds. The molecule has 0 N–H and O–H groups in total. The Morgan fingerprint density at radius 3 is 0.615 bits per heavy atom. The van der Waals surface area contributed by atoms with Gasteiger partial charge in [-0.3, -0.25) is 0 Å². The number of hydrogen-bond donors (Lipinski definition) is 0. The van der Waals surface area contributed by atoms with Crippen LogP contribution in [0.3, 0.4) is 0 Å². The monoisotopic (exact) mass is 1020 g/mol. The summed E-state index contributed by atoms with van der Waals surface area (Å²) >= 11 is 0. The summed E-state index contributed by atoms with van der Waals surface area (Å²) in [6.07, 6.45) is 0. The summed E-state index contributed by atoms with van der Waals surface area (Å²) in [5.74, 6) is 0. The Balaban J connectivity index is 0.000000715. The number of hydrogen-bond acceptors (Lipinski definition) is 20. The topological polar surface area (TPSA) is 216 Å². The Bertz CT molecular complexity index is 979. The van der Waals surface area contributed by atoms with E-state index in [1.165, 1.54) is 0 Å². The van der Waals surface area contributed by atoms with E-state index in [4.69, 9.17) is 65.8 Å². The average molecular weight is 1020 g/mol. The van der Waals surface area contributed by atoms with Gasteiger partial charge >= 0.3 is 74.3 Å². The zero-order valence-electron chi connectivity index (χ0n) is 32.8. The van der Waals surface area contributed by atoms with Gasteiger partial charge in [-0.25, -0.2) is 0 Å². The second-order valence-electron chi connectivity index (χ2n) is 12.9. The highest BCUT2D eigenvalue weighted by atomic mass is 28.6. The second-order valence-corrected chi connectivity index (χ2v) is 50.0. The van der Waals surface area contributed by atoms with Gasteiger partial charge in [0.2, 0.25) is 0 Å². The van der Waals surface area contributed by atoms with Crippen molar-refractivity contribution in [3.05, 3.63) is 0 Å². The molecule has 6 aliphatic rings. The van der Waals surface area contributed by atoms with Gasteiger partial charge in [-0.05, 0) is 105 Å². The molecule has 6 fully saturated rings. The van der Waals surface area contributed by atoms with Crippen LogP contribution in [0.2, 0.25) is 105 Å². The predicted octanol–water partition coefficient (Wildman–Crippen LogP) is -0.463. The summed E-state index contributed by atoms with van der Waals surface area (Å²) in [6, 6.07) is 0. The quantitative estimate of drug-likeness (QED) is 0.281. The van der Waals surface area contributed by atoms with Gasteiger partial charge in [0.05, 0.1) is 0 Å². The largest absolute Gasteiger partial charge is 0.649 e. The molecule has 0 radical (unpaired) electrons. The highest BCUT2D eigenvalue weighted by Crippen LogP contribution is 2.42. The zero-order chi connectivity index (χ0) is 40.2. The lowest BCUT2D eigenvalue weighted by atomic mass is 11.9. The minimum absolute atomic E-state index is 1.13. The van der Waals surface area contributed by atoms with Gasteiger partial charge in [0.25, 0.3) is 34.7 Å². The molecule has 6 aliphatic heterocycles. The summed E-state index contributed by atoms with van der Waals surface area (Å²) in [4.78, 5) is 0. The maximum absolute atomic E-state index is 9.63. The van der Waals surface area contributed by atoms with Crippen molar-refractivity contribution >= 4 is 145 Å². The molecule has 0 atom stereocenters. The second kappa shape index (κ2) is 23.6. The summed E-state index contributed by atoms with van der Waals surface area (Å²) in [5, 5.41) is 0. The van der Waals surface area contributed by atoms with E-state index in [1.807, 2.05) is 52.4 Å². The molecule has 0 aromatic heterocycles. The van der Waals surface area contributed by atoms with E-state index in [9.17, 15) is 17.8 Å². The van der Waals surface area contributed by atoms with Crippen LogP contribution >= 0.6 is 0 Å². The summed E-state index contributed by atoms with van der Waals surface area (Å²) in [5.41, 5.74) is 0. The van der Waals surface area contributed by atoms with Crippen molar-refractivity contribution in [2.75, 3.05) is 0 Å². The Kier molecular flexibility index (Phi) is 23.6. The predicted molar refractivity (Wildman–Crippen MR) is 217 cm³/mol. The van der Waals surface area contributed by atoms with Crippen LogP contribution in [0.15, 0.2) is 0 Å². The van der Waals surface area contributed by atoms with Crippen molar-refractivity contribution in [2.24, 2.45) is 0 Å². The Labute approximate surface area is 331 Å². The fourth-order valence-corrected chi connectivity index (χ4v) is 48.5. The van der Waals surface area contributed by atoms with Crippen molar-refractivity contribution < 1.29 is 83.7 Å². The van der Waals surface area contributed by atoms with E-state index in [0.717, 1.165) is 0 Å². The average Bonchev–Trinajstić information content (AvgIpc) is 2.80. The molecule has 0 saturated carbocycles. The molecule has 6 saturated heterocycles. The van der Waals surface area contributed by atoms with E-state index in [1.54, 1.807) is 52.4 Å². The molecule has 6 rings (SSSR count). The maximum atomic E-state index is 9.63. The van der Waals surface area contributed by atoms with Crippen LogP contribution in [-0.2, 0) is 83.7 Å². The minimum atomic E-state index is -4.21. The summed E-state index contributed by atoms with van der Waals surface area (Å²) in [6.45, 7) is 29.3. The molecule has 0 spiro atoms. The third-order valence-electron chi connectivity index (χ3n) is 4.37. The van der Waals surface area contributed by atoms with Crippen molar-refractivity contribution in [2.45, 2.75) is 105 Å². The fraction of sp³-hybridized carbons (Fsp3) is 1.00. The summed E-state index contributed by atoms with van der Waals surface area (Å²) < 4.78 is 140. The molecule has 52 heavy (non-hydrogen) atoms. The van der Waals surface area contributed by atoms with Crippen LogP contribution in [0.1, 0.15) is 0 Å². The van der Waals surface area contributed by atoms with Gasteiger partial charge < -0.3 is 83.7 Å². The molecular formula is C16H56O20Si16. The molecular weight excluding hydrogens is 962 g/mol. The van der Waals surface area contributed by atoms with Gasteiger partial charge in [0.15, 0.2) is 36.2 Å². The van der Waals surface area contributed by atoms with E-state index < -0.39 is 145 Å². The lowest BCUT2D eigenvalue weighted by Crippen LogP contribution is -2.84. The first-order valence-electron chi connectivity index (χ1n) is 16.5. The minimum Gasteiger partial charge on any atom is -0.398 e. The van der Waals surface area contributed by atoms with Crippen molar-refractivity contribution in [1.82, 2.24) is 0 Å². The van der Waals surface area contributed by atoms with Gasteiger partial charge in [-0.2, -0.15) is 0 Å².